The summed E-state index contributed by atoms with van der Waals surface area (Å²) in [5.41, 5.74) is 3.73. The van der Waals surface area contributed by atoms with Gasteiger partial charge >= 0.3 is 0 Å². The molecule has 0 radical (unpaired) electrons. The fourth-order valence-corrected chi connectivity index (χ4v) is 3.91. The Morgan fingerprint density at radius 2 is 1.93 bits per heavy atom. The maximum absolute atomic E-state index is 12.5. The Labute approximate surface area is 165 Å². The minimum absolute atomic E-state index is 0.00784. The highest BCUT2D eigenvalue weighted by Crippen LogP contribution is 2.27. The van der Waals surface area contributed by atoms with Crippen molar-refractivity contribution in [1.29, 1.82) is 0 Å². The van der Waals surface area contributed by atoms with Crippen LogP contribution in [0.1, 0.15) is 34.3 Å². The molecule has 0 spiro atoms. The Bertz CT molecular complexity index is 1050. The molecule has 1 aromatic heterocycles. The van der Waals surface area contributed by atoms with Gasteiger partial charge in [0.1, 0.15) is 0 Å². The van der Waals surface area contributed by atoms with Gasteiger partial charge in [-0.15, -0.1) is 10.2 Å². The number of non-ortho nitro benzene ring substituents is 1. The zero-order chi connectivity index (χ0) is 19.5. The van der Waals surface area contributed by atoms with Crippen molar-refractivity contribution in [2.24, 2.45) is 0 Å². The van der Waals surface area contributed by atoms with E-state index in [0.717, 1.165) is 24.6 Å². The van der Waals surface area contributed by atoms with Crippen molar-refractivity contribution in [3.05, 3.63) is 69.3 Å². The minimum atomic E-state index is -0.479. The van der Waals surface area contributed by atoms with Gasteiger partial charge in [0.05, 0.1) is 10.7 Å². The second-order valence-corrected chi connectivity index (χ2v) is 7.51. The van der Waals surface area contributed by atoms with Crippen LogP contribution in [-0.2, 0) is 12.8 Å². The molecule has 4 rings (SSSR count). The quantitative estimate of drug-likeness (QED) is 0.262. The van der Waals surface area contributed by atoms with Crippen molar-refractivity contribution in [1.82, 2.24) is 10.2 Å². The molecule has 0 aliphatic heterocycles. The first-order chi connectivity index (χ1) is 13.6. The summed E-state index contributed by atoms with van der Waals surface area (Å²) in [6, 6.07) is 11.9. The van der Waals surface area contributed by atoms with Crippen LogP contribution in [-0.4, -0.2) is 26.7 Å². The largest absolute Gasteiger partial charge is 0.411 e. The van der Waals surface area contributed by atoms with E-state index in [1.165, 1.54) is 36.1 Å². The van der Waals surface area contributed by atoms with E-state index in [0.29, 0.717) is 11.1 Å². The Kier molecular flexibility index (Phi) is 5.21. The number of carbonyl (C=O) groups excluding carboxylic acids is 1. The van der Waals surface area contributed by atoms with Crippen molar-refractivity contribution in [2.75, 3.05) is 5.75 Å². The van der Waals surface area contributed by atoms with E-state index in [2.05, 4.69) is 16.3 Å². The van der Waals surface area contributed by atoms with Gasteiger partial charge in [-0.05, 0) is 48.9 Å². The average molecular weight is 395 g/mol. The molecule has 0 N–H and O–H groups in total. The van der Waals surface area contributed by atoms with Crippen molar-refractivity contribution in [3.8, 4) is 11.5 Å². The first kappa shape index (κ1) is 18.4. The molecule has 0 bridgehead atoms. The Morgan fingerprint density at radius 3 is 2.75 bits per heavy atom. The fourth-order valence-electron chi connectivity index (χ4n) is 3.25. The van der Waals surface area contributed by atoms with Gasteiger partial charge in [0.2, 0.25) is 5.89 Å². The molecule has 2 aromatic carbocycles. The van der Waals surface area contributed by atoms with Crippen LogP contribution < -0.4 is 0 Å². The van der Waals surface area contributed by atoms with E-state index >= 15 is 0 Å². The summed E-state index contributed by atoms with van der Waals surface area (Å²) in [6.07, 6.45) is 4.49. The van der Waals surface area contributed by atoms with Gasteiger partial charge in [-0.25, -0.2) is 0 Å². The number of aryl methyl sites for hydroxylation is 2. The first-order valence-corrected chi connectivity index (χ1v) is 9.95. The molecule has 0 amide bonds. The van der Waals surface area contributed by atoms with Crippen molar-refractivity contribution in [2.45, 2.75) is 30.9 Å². The van der Waals surface area contributed by atoms with E-state index in [-0.39, 0.29) is 28.3 Å². The SMILES string of the molecule is O=C(CSc1nnc(-c2cccc([N+](=O)[O-])c2)o1)c1ccc2c(c1)CCCC2. The number of benzene rings is 2. The number of rotatable bonds is 6. The fraction of sp³-hybridized carbons (Fsp3) is 0.250. The lowest BCUT2D eigenvalue weighted by molar-refractivity contribution is -0.384. The van der Waals surface area contributed by atoms with Gasteiger partial charge in [0.25, 0.3) is 10.9 Å². The summed E-state index contributed by atoms with van der Waals surface area (Å²) < 4.78 is 5.55. The molecular weight excluding hydrogens is 378 g/mol. The molecule has 1 aliphatic rings. The standard InChI is InChI=1S/C20H17N3O4S/c24-18(15-9-8-13-4-1-2-5-14(13)10-15)12-28-20-22-21-19(27-20)16-6-3-7-17(11-16)23(25)26/h3,6-11H,1-2,4-5,12H2. The highest BCUT2D eigenvalue weighted by Gasteiger charge is 2.16. The number of hydrogen-bond acceptors (Lipinski definition) is 7. The van der Waals surface area contributed by atoms with E-state index in [1.807, 2.05) is 12.1 Å². The monoisotopic (exact) mass is 395 g/mol. The lowest BCUT2D eigenvalue weighted by atomic mass is 9.90. The number of aromatic nitrogens is 2. The second kappa shape index (κ2) is 7.93. The first-order valence-electron chi connectivity index (χ1n) is 8.96. The predicted octanol–water partition coefficient (Wildman–Crippen LogP) is 4.50. The van der Waals surface area contributed by atoms with Crippen LogP contribution in [0.5, 0.6) is 0 Å². The summed E-state index contributed by atoms with van der Waals surface area (Å²) in [7, 11) is 0. The minimum Gasteiger partial charge on any atom is -0.411 e. The average Bonchev–Trinajstić information content (AvgIpc) is 3.21. The zero-order valence-electron chi connectivity index (χ0n) is 15.0. The van der Waals surface area contributed by atoms with Crippen LogP contribution in [0.3, 0.4) is 0 Å². The van der Waals surface area contributed by atoms with E-state index in [1.54, 1.807) is 12.1 Å². The van der Waals surface area contributed by atoms with Crippen molar-refractivity contribution in [3.63, 3.8) is 0 Å². The molecule has 3 aromatic rings. The van der Waals surface area contributed by atoms with Crippen molar-refractivity contribution >= 4 is 23.2 Å². The third-order valence-corrected chi connectivity index (χ3v) is 5.53. The Balaban J connectivity index is 1.42. The number of nitro benzene ring substituents is 1. The topological polar surface area (TPSA) is 99.1 Å². The summed E-state index contributed by atoms with van der Waals surface area (Å²) in [5.74, 6) is 0.385. The van der Waals surface area contributed by atoms with Gasteiger partial charge in [-0.2, -0.15) is 0 Å². The van der Waals surface area contributed by atoms with Gasteiger partial charge < -0.3 is 4.42 Å². The maximum atomic E-state index is 12.5. The number of hydrogen-bond donors (Lipinski definition) is 0. The van der Waals surface area contributed by atoms with Crippen LogP contribution in [0, 0.1) is 10.1 Å². The van der Waals surface area contributed by atoms with Crippen LogP contribution in [0.2, 0.25) is 0 Å². The lowest BCUT2D eigenvalue weighted by Gasteiger charge is -2.16. The van der Waals surface area contributed by atoms with Gasteiger partial charge in [0.15, 0.2) is 5.78 Å². The maximum Gasteiger partial charge on any atom is 0.277 e. The molecule has 1 aliphatic carbocycles. The summed E-state index contributed by atoms with van der Waals surface area (Å²) in [6.45, 7) is 0. The third-order valence-electron chi connectivity index (χ3n) is 4.71. The number of nitro groups is 1. The molecular formula is C20H17N3O4S. The third kappa shape index (κ3) is 3.96. The summed E-state index contributed by atoms with van der Waals surface area (Å²) >= 11 is 1.16. The number of Topliss-reactive ketones (excluding diaryl/α,β-unsaturated/α-hetero) is 1. The molecule has 0 saturated heterocycles. The number of fused-ring (bicyclic) bond motifs is 1. The molecule has 1 heterocycles. The Morgan fingerprint density at radius 1 is 1.11 bits per heavy atom. The normalized spacial score (nSPS) is 13.1. The smallest absolute Gasteiger partial charge is 0.277 e. The van der Waals surface area contributed by atoms with Crippen molar-refractivity contribution < 1.29 is 14.1 Å². The number of ketones is 1. The molecule has 142 valence electrons. The molecule has 0 fully saturated rings. The van der Waals surface area contributed by atoms with E-state index in [9.17, 15) is 14.9 Å². The Hall–Kier alpha value is -3.00. The van der Waals surface area contributed by atoms with Crippen LogP contribution in [0.15, 0.2) is 52.1 Å². The van der Waals surface area contributed by atoms with E-state index in [4.69, 9.17) is 4.42 Å². The van der Waals surface area contributed by atoms with Crippen LogP contribution in [0.4, 0.5) is 5.69 Å². The molecule has 7 nitrogen and oxygen atoms in total. The summed E-state index contributed by atoms with van der Waals surface area (Å²) in [5, 5.41) is 19.0. The van der Waals surface area contributed by atoms with Gasteiger partial charge in [-0.3, -0.25) is 14.9 Å². The predicted molar refractivity (Wildman–Crippen MR) is 105 cm³/mol. The molecule has 0 atom stereocenters. The lowest BCUT2D eigenvalue weighted by Crippen LogP contribution is -2.07. The van der Waals surface area contributed by atoms with Crippen LogP contribution >= 0.6 is 11.8 Å². The molecule has 0 saturated carbocycles. The highest BCUT2D eigenvalue weighted by atomic mass is 32.2. The zero-order valence-corrected chi connectivity index (χ0v) is 15.8. The summed E-state index contributed by atoms with van der Waals surface area (Å²) in [4.78, 5) is 22.9. The second-order valence-electron chi connectivity index (χ2n) is 6.58. The molecule has 8 heteroatoms. The number of carbonyl (C=O) groups is 1. The number of thioether (sulfide) groups is 1. The van der Waals surface area contributed by atoms with Gasteiger partial charge in [0, 0.05) is 23.3 Å². The van der Waals surface area contributed by atoms with Gasteiger partial charge in [-0.1, -0.05) is 30.0 Å². The number of nitrogens with zero attached hydrogens (tertiary/aromatic N) is 3. The molecule has 0 unspecified atom stereocenters. The van der Waals surface area contributed by atoms with Crippen LogP contribution in [0.25, 0.3) is 11.5 Å². The highest BCUT2D eigenvalue weighted by molar-refractivity contribution is 7.99. The molecule has 28 heavy (non-hydrogen) atoms. The van der Waals surface area contributed by atoms with E-state index < -0.39 is 4.92 Å².